The van der Waals surface area contributed by atoms with Crippen molar-refractivity contribution in [3.05, 3.63) is 29.8 Å². The van der Waals surface area contributed by atoms with E-state index in [9.17, 15) is 4.79 Å². The summed E-state index contributed by atoms with van der Waals surface area (Å²) in [6.45, 7) is 4.80. The molecule has 4 heteroatoms. The number of benzene rings is 1. The van der Waals surface area contributed by atoms with Crippen molar-refractivity contribution >= 4 is 5.91 Å². The quantitative estimate of drug-likeness (QED) is 0.876. The zero-order valence-corrected chi connectivity index (χ0v) is 13.1. The smallest absolute Gasteiger partial charge is 0.253 e. The third kappa shape index (κ3) is 4.46. The molecule has 0 spiro atoms. The summed E-state index contributed by atoms with van der Waals surface area (Å²) in [5, 5.41) is 3.52. The molecule has 1 aliphatic rings. The first-order chi connectivity index (χ1) is 10.2. The SMILES string of the molecule is CCCN(CC1CCCCN1)C(=O)c1ccc(OC)cc1. The maximum absolute atomic E-state index is 12.7. The van der Waals surface area contributed by atoms with Gasteiger partial charge in [0.25, 0.3) is 5.91 Å². The molecule has 1 aliphatic heterocycles. The Bertz CT molecular complexity index is 439. The Morgan fingerprint density at radius 2 is 2.10 bits per heavy atom. The first-order valence-electron chi connectivity index (χ1n) is 7.91. The van der Waals surface area contributed by atoms with Crippen LogP contribution in [0, 0.1) is 0 Å². The van der Waals surface area contributed by atoms with Gasteiger partial charge in [-0.1, -0.05) is 13.3 Å². The van der Waals surface area contributed by atoms with Gasteiger partial charge < -0.3 is 15.0 Å². The van der Waals surface area contributed by atoms with Gasteiger partial charge in [-0.2, -0.15) is 0 Å². The second-order valence-electron chi connectivity index (χ2n) is 5.63. The number of carbonyl (C=O) groups excluding carboxylic acids is 1. The molecule has 1 heterocycles. The number of nitrogens with one attached hydrogen (secondary N) is 1. The first-order valence-corrected chi connectivity index (χ1v) is 7.91. The Balaban J connectivity index is 2.02. The minimum Gasteiger partial charge on any atom is -0.497 e. The Morgan fingerprint density at radius 3 is 2.67 bits per heavy atom. The van der Waals surface area contributed by atoms with Crippen LogP contribution < -0.4 is 10.1 Å². The molecule has 0 aromatic heterocycles. The second kappa shape index (κ2) is 8.03. The number of ether oxygens (including phenoxy) is 1. The molecule has 1 amide bonds. The highest BCUT2D eigenvalue weighted by Gasteiger charge is 2.21. The molecule has 1 aromatic carbocycles. The van der Waals surface area contributed by atoms with E-state index in [0.717, 1.165) is 43.8 Å². The van der Waals surface area contributed by atoms with Crippen molar-refractivity contribution in [2.45, 2.75) is 38.6 Å². The summed E-state index contributed by atoms with van der Waals surface area (Å²) in [4.78, 5) is 14.6. The summed E-state index contributed by atoms with van der Waals surface area (Å²) >= 11 is 0. The molecule has 4 nitrogen and oxygen atoms in total. The number of hydrogen-bond donors (Lipinski definition) is 1. The van der Waals surface area contributed by atoms with E-state index in [1.807, 2.05) is 29.2 Å². The predicted molar refractivity (Wildman–Crippen MR) is 84.8 cm³/mol. The van der Waals surface area contributed by atoms with Crippen LogP contribution >= 0.6 is 0 Å². The Labute approximate surface area is 127 Å². The van der Waals surface area contributed by atoms with E-state index in [1.54, 1.807) is 7.11 Å². The minimum atomic E-state index is 0.117. The summed E-state index contributed by atoms with van der Waals surface area (Å²) in [5.41, 5.74) is 0.736. The molecule has 1 aromatic rings. The van der Waals surface area contributed by atoms with E-state index in [4.69, 9.17) is 4.74 Å². The second-order valence-corrected chi connectivity index (χ2v) is 5.63. The Morgan fingerprint density at radius 1 is 1.33 bits per heavy atom. The fourth-order valence-electron chi connectivity index (χ4n) is 2.81. The molecule has 1 saturated heterocycles. The van der Waals surface area contributed by atoms with Crippen LogP contribution in [0.5, 0.6) is 5.75 Å². The maximum atomic E-state index is 12.7. The van der Waals surface area contributed by atoms with E-state index < -0.39 is 0 Å². The number of nitrogens with zero attached hydrogens (tertiary/aromatic N) is 1. The summed E-state index contributed by atoms with van der Waals surface area (Å²) in [7, 11) is 1.63. The number of rotatable bonds is 6. The standard InChI is InChI=1S/C17H26N2O2/c1-3-12-19(13-15-6-4-5-11-18-15)17(20)14-7-9-16(21-2)10-8-14/h7-10,15,18H,3-6,11-13H2,1-2H3. The van der Waals surface area contributed by atoms with Gasteiger partial charge in [-0.3, -0.25) is 4.79 Å². The van der Waals surface area contributed by atoms with Crippen molar-refractivity contribution in [3.8, 4) is 5.75 Å². The largest absolute Gasteiger partial charge is 0.497 e. The Hall–Kier alpha value is -1.55. The molecule has 1 atom stereocenters. The van der Waals surface area contributed by atoms with Crippen molar-refractivity contribution in [3.63, 3.8) is 0 Å². The van der Waals surface area contributed by atoms with Crippen molar-refractivity contribution in [1.82, 2.24) is 10.2 Å². The minimum absolute atomic E-state index is 0.117. The molecule has 0 radical (unpaired) electrons. The molecule has 21 heavy (non-hydrogen) atoms. The average Bonchev–Trinajstić information content (AvgIpc) is 2.55. The van der Waals surface area contributed by atoms with Gasteiger partial charge in [-0.15, -0.1) is 0 Å². The van der Waals surface area contributed by atoms with Crippen LogP contribution in [0.15, 0.2) is 24.3 Å². The van der Waals surface area contributed by atoms with E-state index in [0.29, 0.717) is 6.04 Å². The van der Waals surface area contributed by atoms with Gasteiger partial charge in [0.2, 0.25) is 0 Å². The summed E-state index contributed by atoms with van der Waals surface area (Å²) in [6, 6.07) is 7.82. The Kier molecular flexibility index (Phi) is 6.05. The lowest BCUT2D eigenvalue weighted by molar-refractivity contribution is 0.0731. The molecule has 2 rings (SSSR count). The van der Waals surface area contributed by atoms with E-state index in [2.05, 4.69) is 12.2 Å². The topological polar surface area (TPSA) is 41.6 Å². The summed E-state index contributed by atoms with van der Waals surface area (Å²) < 4.78 is 5.14. The zero-order chi connectivity index (χ0) is 15.1. The van der Waals surface area contributed by atoms with Gasteiger partial charge in [-0.25, -0.2) is 0 Å². The lowest BCUT2D eigenvalue weighted by atomic mass is 10.0. The van der Waals surface area contributed by atoms with Gasteiger partial charge in [0, 0.05) is 24.7 Å². The zero-order valence-electron chi connectivity index (χ0n) is 13.1. The van der Waals surface area contributed by atoms with Crippen LogP contribution in [0.3, 0.4) is 0 Å². The fourth-order valence-corrected chi connectivity index (χ4v) is 2.81. The van der Waals surface area contributed by atoms with Crippen molar-refractivity contribution in [2.24, 2.45) is 0 Å². The van der Waals surface area contributed by atoms with Gasteiger partial charge >= 0.3 is 0 Å². The molecular weight excluding hydrogens is 264 g/mol. The van der Waals surface area contributed by atoms with Crippen LogP contribution in [-0.4, -0.2) is 43.6 Å². The van der Waals surface area contributed by atoms with Crippen molar-refractivity contribution in [2.75, 3.05) is 26.7 Å². The number of amides is 1. The monoisotopic (exact) mass is 290 g/mol. The number of carbonyl (C=O) groups is 1. The maximum Gasteiger partial charge on any atom is 0.253 e. The molecule has 1 unspecified atom stereocenters. The lowest BCUT2D eigenvalue weighted by Gasteiger charge is -2.30. The van der Waals surface area contributed by atoms with Crippen LogP contribution in [-0.2, 0) is 0 Å². The first kappa shape index (κ1) is 15.8. The fraction of sp³-hybridized carbons (Fsp3) is 0.588. The molecule has 0 saturated carbocycles. The van der Waals surface area contributed by atoms with E-state index in [1.165, 1.54) is 12.8 Å². The molecule has 0 aliphatic carbocycles. The van der Waals surface area contributed by atoms with Crippen molar-refractivity contribution in [1.29, 1.82) is 0 Å². The number of hydrogen-bond acceptors (Lipinski definition) is 3. The van der Waals surface area contributed by atoms with E-state index >= 15 is 0 Å². The summed E-state index contributed by atoms with van der Waals surface area (Å²) in [6.07, 6.45) is 4.65. The predicted octanol–water partition coefficient (Wildman–Crippen LogP) is 2.69. The molecule has 1 N–H and O–H groups in total. The average molecular weight is 290 g/mol. The van der Waals surface area contributed by atoms with Crippen LogP contribution in [0.1, 0.15) is 43.0 Å². The third-order valence-corrected chi connectivity index (χ3v) is 3.97. The molecule has 1 fully saturated rings. The number of methoxy groups -OCH3 is 1. The summed E-state index contributed by atoms with van der Waals surface area (Å²) in [5.74, 6) is 0.898. The van der Waals surface area contributed by atoms with Gasteiger partial charge in [-0.05, 0) is 50.1 Å². The highest BCUT2D eigenvalue weighted by molar-refractivity contribution is 5.94. The highest BCUT2D eigenvalue weighted by atomic mass is 16.5. The van der Waals surface area contributed by atoms with Gasteiger partial charge in [0.1, 0.15) is 5.75 Å². The van der Waals surface area contributed by atoms with Crippen LogP contribution in [0.2, 0.25) is 0 Å². The third-order valence-electron chi connectivity index (χ3n) is 3.97. The van der Waals surface area contributed by atoms with E-state index in [-0.39, 0.29) is 5.91 Å². The van der Waals surface area contributed by atoms with Crippen LogP contribution in [0.25, 0.3) is 0 Å². The van der Waals surface area contributed by atoms with Gasteiger partial charge in [0.15, 0.2) is 0 Å². The normalized spacial score (nSPS) is 18.3. The highest BCUT2D eigenvalue weighted by Crippen LogP contribution is 2.15. The van der Waals surface area contributed by atoms with Crippen molar-refractivity contribution < 1.29 is 9.53 Å². The lowest BCUT2D eigenvalue weighted by Crippen LogP contribution is -2.46. The number of piperidine rings is 1. The molecular formula is C17H26N2O2. The molecule has 0 bridgehead atoms. The van der Waals surface area contributed by atoms with Gasteiger partial charge in [0.05, 0.1) is 7.11 Å². The molecule has 116 valence electrons. The van der Waals surface area contributed by atoms with Crippen LogP contribution in [0.4, 0.5) is 0 Å².